The molecule has 0 aliphatic carbocycles. The molecule has 0 aliphatic heterocycles. The zero-order valence-corrected chi connectivity index (χ0v) is 13.4. The van der Waals surface area contributed by atoms with Crippen LogP contribution in [0.2, 0.25) is 0 Å². The minimum Gasteiger partial charge on any atom is -0.363 e. The Labute approximate surface area is 130 Å². The molecule has 114 valence electrons. The highest BCUT2D eigenvalue weighted by atomic mass is 15.4. The van der Waals surface area contributed by atoms with Crippen molar-refractivity contribution in [1.29, 1.82) is 0 Å². The van der Waals surface area contributed by atoms with Crippen LogP contribution in [0.15, 0.2) is 36.7 Å². The molecule has 5 heteroatoms. The molecule has 22 heavy (non-hydrogen) atoms. The molecule has 0 spiro atoms. The number of aryl methyl sites for hydroxylation is 2. The van der Waals surface area contributed by atoms with Gasteiger partial charge in [0.1, 0.15) is 12.1 Å². The van der Waals surface area contributed by atoms with Gasteiger partial charge in [0.15, 0.2) is 0 Å². The SMILES string of the molecule is Cc1cc(NC(c2ccccc2C)C(C)C)n2ncnc2n1. The summed E-state index contributed by atoms with van der Waals surface area (Å²) in [5, 5.41) is 7.89. The van der Waals surface area contributed by atoms with Crippen LogP contribution in [0, 0.1) is 19.8 Å². The maximum atomic E-state index is 4.39. The maximum absolute atomic E-state index is 4.39. The van der Waals surface area contributed by atoms with E-state index >= 15 is 0 Å². The van der Waals surface area contributed by atoms with E-state index in [0.717, 1.165) is 11.5 Å². The molecule has 0 radical (unpaired) electrons. The number of nitrogens with zero attached hydrogens (tertiary/aromatic N) is 4. The van der Waals surface area contributed by atoms with Crippen LogP contribution in [0.4, 0.5) is 5.82 Å². The fourth-order valence-electron chi connectivity index (χ4n) is 2.73. The van der Waals surface area contributed by atoms with Gasteiger partial charge in [0.25, 0.3) is 5.78 Å². The summed E-state index contributed by atoms with van der Waals surface area (Å²) >= 11 is 0. The Morgan fingerprint density at radius 3 is 2.64 bits per heavy atom. The second-order valence-corrected chi connectivity index (χ2v) is 5.98. The quantitative estimate of drug-likeness (QED) is 0.799. The van der Waals surface area contributed by atoms with Crippen LogP contribution >= 0.6 is 0 Å². The summed E-state index contributed by atoms with van der Waals surface area (Å²) in [6.45, 7) is 8.56. The predicted octanol–water partition coefficient (Wildman–Crippen LogP) is 3.55. The van der Waals surface area contributed by atoms with Crippen LogP contribution in [-0.4, -0.2) is 19.6 Å². The molecule has 0 amide bonds. The first-order valence-corrected chi connectivity index (χ1v) is 7.55. The number of nitrogens with one attached hydrogen (secondary N) is 1. The monoisotopic (exact) mass is 295 g/mol. The minimum atomic E-state index is 0.204. The molecule has 3 aromatic rings. The highest BCUT2D eigenvalue weighted by Crippen LogP contribution is 2.28. The van der Waals surface area contributed by atoms with E-state index in [2.05, 4.69) is 65.4 Å². The van der Waals surface area contributed by atoms with Crippen LogP contribution in [0.1, 0.15) is 36.7 Å². The van der Waals surface area contributed by atoms with Crippen molar-refractivity contribution in [3.8, 4) is 0 Å². The van der Waals surface area contributed by atoms with Crippen molar-refractivity contribution in [3.63, 3.8) is 0 Å². The van der Waals surface area contributed by atoms with Gasteiger partial charge in [-0.15, -0.1) is 0 Å². The van der Waals surface area contributed by atoms with Gasteiger partial charge in [0.05, 0.1) is 6.04 Å². The van der Waals surface area contributed by atoms with Crippen LogP contribution in [0.3, 0.4) is 0 Å². The molecule has 1 unspecified atom stereocenters. The molecule has 5 nitrogen and oxygen atoms in total. The fraction of sp³-hybridized carbons (Fsp3) is 0.353. The Bertz CT molecular complexity index is 791. The minimum absolute atomic E-state index is 0.204. The van der Waals surface area contributed by atoms with E-state index in [1.807, 2.05) is 13.0 Å². The molecule has 0 saturated heterocycles. The second kappa shape index (κ2) is 5.75. The van der Waals surface area contributed by atoms with Crippen molar-refractivity contribution >= 4 is 11.6 Å². The third-order valence-corrected chi connectivity index (χ3v) is 3.87. The van der Waals surface area contributed by atoms with Crippen molar-refractivity contribution in [1.82, 2.24) is 19.6 Å². The van der Waals surface area contributed by atoms with Gasteiger partial charge >= 0.3 is 0 Å². The molecule has 1 N–H and O–H groups in total. The van der Waals surface area contributed by atoms with E-state index in [1.165, 1.54) is 17.5 Å². The predicted molar refractivity (Wildman–Crippen MR) is 87.9 cm³/mol. The van der Waals surface area contributed by atoms with Crippen molar-refractivity contribution in [2.24, 2.45) is 5.92 Å². The van der Waals surface area contributed by atoms with E-state index in [0.29, 0.717) is 11.7 Å². The lowest BCUT2D eigenvalue weighted by molar-refractivity contribution is 0.540. The van der Waals surface area contributed by atoms with E-state index < -0.39 is 0 Å². The van der Waals surface area contributed by atoms with Crippen LogP contribution in [0.25, 0.3) is 5.78 Å². The lowest BCUT2D eigenvalue weighted by Gasteiger charge is -2.25. The molecule has 3 rings (SSSR count). The summed E-state index contributed by atoms with van der Waals surface area (Å²) in [4.78, 5) is 8.57. The third-order valence-electron chi connectivity index (χ3n) is 3.87. The fourth-order valence-corrected chi connectivity index (χ4v) is 2.73. The standard InChI is InChI=1S/C17H21N5/c1-11(2)16(14-8-6-5-7-12(14)3)21-15-9-13(4)20-17-18-10-19-22(15)17/h5-11,16,21H,1-4H3. The van der Waals surface area contributed by atoms with Crippen molar-refractivity contribution in [3.05, 3.63) is 53.5 Å². The number of rotatable bonds is 4. The normalized spacial score (nSPS) is 12.8. The smallest absolute Gasteiger partial charge is 0.254 e. The number of hydrogen-bond acceptors (Lipinski definition) is 4. The zero-order valence-electron chi connectivity index (χ0n) is 13.4. The highest BCUT2D eigenvalue weighted by molar-refractivity contribution is 5.47. The molecular weight excluding hydrogens is 274 g/mol. The van der Waals surface area contributed by atoms with E-state index in [1.54, 1.807) is 4.52 Å². The topological polar surface area (TPSA) is 55.1 Å². The first-order chi connectivity index (χ1) is 10.6. The molecule has 0 bridgehead atoms. The number of hydrogen-bond donors (Lipinski definition) is 1. The Balaban J connectivity index is 2.04. The summed E-state index contributed by atoms with van der Waals surface area (Å²) in [7, 11) is 0. The summed E-state index contributed by atoms with van der Waals surface area (Å²) < 4.78 is 1.75. The lowest BCUT2D eigenvalue weighted by Crippen LogP contribution is -2.20. The zero-order chi connectivity index (χ0) is 15.7. The van der Waals surface area contributed by atoms with Gasteiger partial charge in [-0.05, 0) is 30.9 Å². The largest absolute Gasteiger partial charge is 0.363 e. The first-order valence-electron chi connectivity index (χ1n) is 7.55. The number of benzene rings is 1. The van der Waals surface area contributed by atoms with Crippen molar-refractivity contribution < 1.29 is 0 Å². The molecule has 0 saturated carbocycles. The van der Waals surface area contributed by atoms with Crippen molar-refractivity contribution in [2.45, 2.75) is 33.7 Å². The second-order valence-electron chi connectivity index (χ2n) is 5.98. The summed E-state index contributed by atoms with van der Waals surface area (Å²) in [5.74, 6) is 1.98. The molecule has 2 heterocycles. The van der Waals surface area contributed by atoms with Crippen LogP contribution < -0.4 is 5.32 Å². The Hall–Kier alpha value is -2.43. The summed E-state index contributed by atoms with van der Waals surface area (Å²) in [6, 6.07) is 10.7. The van der Waals surface area contributed by atoms with Gasteiger partial charge in [-0.2, -0.15) is 14.6 Å². The van der Waals surface area contributed by atoms with E-state index in [9.17, 15) is 0 Å². The Kier molecular flexibility index (Phi) is 3.79. The Morgan fingerprint density at radius 1 is 1.14 bits per heavy atom. The average molecular weight is 295 g/mol. The molecule has 2 aromatic heterocycles. The van der Waals surface area contributed by atoms with Crippen LogP contribution in [-0.2, 0) is 0 Å². The maximum Gasteiger partial charge on any atom is 0.254 e. The molecular formula is C17H21N5. The van der Waals surface area contributed by atoms with Gasteiger partial charge in [-0.25, -0.2) is 4.98 Å². The molecule has 0 fully saturated rings. The summed E-state index contributed by atoms with van der Waals surface area (Å²) in [6.07, 6.45) is 1.53. The lowest BCUT2D eigenvalue weighted by atomic mass is 9.92. The van der Waals surface area contributed by atoms with Gasteiger partial charge in [0.2, 0.25) is 0 Å². The van der Waals surface area contributed by atoms with E-state index in [-0.39, 0.29) is 6.04 Å². The van der Waals surface area contributed by atoms with Gasteiger partial charge in [-0.3, -0.25) is 0 Å². The van der Waals surface area contributed by atoms with Gasteiger partial charge in [0, 0.05) is 11.8 Å². The number of aromatic nitrogens is 4. The van der Waals surface area contributed by atoms with Gasteiger partial charge < -0.3 is 5.32 Å². The highest BCUT2D eigenvalue weighted by Gasteiger charge is 2.19. The summed E-state index contributed by atoms with van der Waals surface area (Å²) in [5.41, 5.74) is 3.52. The van der Waals surface area contributed by atoms with Gasteiger partial charge in [-0.1, -0.05) is 38.1 Å². The average Bonchev–Trinajstić information content (AvgIpc) is 2.93. The molecule has 0 aliphatic rings. The molecule has 1 atom stereocenters. The number of fused-ring (bicyclic) bond motifs is 1. The van der Waals surface area contributed by atoms with Crippen LogP contribution in [0.5, 0.6) is 0 Å². The third kappa shape index (κ3) is 2.66. The van der Waals surface area contributed by atoms with Crippen molar-refractivity contribution in [2.75, 3.05) is 5.32 Å². The first kappa shape index (κ1) is 14.5. The molecule has 1 aromatic carbocycles. The van der Waals surface area contributed by atoms with E-state index in [4.69, 9.17) is 0 Å². The Morgan fingerprint density at radius 2 is 1.91 bits per heavy atom. The number of anilines is 1.